The zero-order valence-electron chi connectivity index (χ0n) is 12.3. The van der Waals surface area contributed by atoms with Crippen LogP contribution in [0.4, 0.5) is 5.82 Å². The maximum Gasteiger partial charge on any atom is 0.214 e. The first kappa shape index (κ1) is 14.2. The molecule has 5 nitrogen and oxygen atoms in total. The van der Waals surface area contributed by atoms with E-state index in [0.29, 0.717) is 12.4 Å². The lowest BCUT2D eigenvalue weighted by Crippen LogP contribution is -2.23. The van der Waals surface area contributed by atoms with Crippen LogP contribution in [0, 0.1) is 6.92 Å². The van der Waals surface area contributed by atoms with Crippen LogP contribution in [0.15, 0.2) is 30.7 Å². The number of nitrogens with zero attached hydrogens (tertiary/aromatic N) is 3. The second kappa shape index (κ2) is 5.86. The van der Waals surface area contributed by atoms with Crippen LogP contribution < -0.4 is 10.1 Å². The molecule has 20 heavy (non-hydrogen) atoms. The Morgan fingerprint density at radius 3 is 2.65 bits per heavy atom. The van der Waals surface area contributed by atoms with E-state index in [-0.39, 0.29) is 5.60 Å². The van der Waals surface area contributed by atoms with Crippen LogP contribution in [0.5, 0.6) is 5.88 Å². The van der Waals surface area contributed by atoms with Gasteiger partial charge in [-0.3, -0.25) is 0 Å². The fraction of sp³-hybridized carbons (Fsp3) is 0.400. The molecule has 2 rings (SSSR count). The number of hydrogen-bond donors (Lipinski definition) is 1. The van der Waals surface area contributed by atoms with Crippen molar-refractivity contribution in [3.8, 4) is 5.88 Å². The number of ether oxygens (including phenoxy) is 1. The summed E-state index contributed by atoms with van der Waals surface area (Å²) in [5.41, 5.74) is 1.78. The average Bonchev–Trinajstić information content (AvgIpc) is 2.35. The molecule has 0 fully saturated rings. The van der Waals surface area contributed by atoms with Crippen molar-refractivity contribution in [2.45, 2.75) is 39.8 Å². The molecule has 0 saturated carbocycles. The van der Waals surface area contributed by atoms with Crippen LogP contribution in [0.25, 0.3) is 0 Å². The molecular weight excluding hydrogens is 252 g/mol. The highest BCUT2D eigenvalue weighted by Gasteiger charge is 2.12. The summed E-state index contributed by atoms with van der Waals surface area (Å²) in [5.74, 6) is 1.45. The van der Waals surface area contributed by atoms with Gasteiger partial charge in [0, 0.05) is 30.6 Å². The highest BCUT2D eigenvalue weighted by atomic mass is 16.5. The van der Waals surface area contributed by atoms with Crippen molar-refractivity contribution >= 4 is 5.82 Å². The molecule has 0 spiro atoms. The van der Waals surface area contributed by atoms with Gasteiger partial charge < -0.3 is 10.1 Å². The summed E-state index contributed by atoms with van der Waals surface area (Å²) in [7, 11) is 0. The van der Waals surface area contributed by atoms with Gasteiger partial charge in [-0.2, -0.15) is 0 Å². The maximum atomic E-state index is 5.75. The van der Waals surface area contributed by atoms with E-state index in [4.69, 9.17) is 4.74 Å². The fourth-order valence-corrected chi connectivity index (χ4v) is 1.67. The Bertz CT molecular complexity index is 578. The zero-order chi connectivity index (χ0) is 14.6. The summed E-state index contributed by atoms with van der Waals surface area (Å²) < 4.78 is 5.75. The van der Waals surface area contributed by atoms with Crippen molar-refractivity contribution in [1.29, 1.82) is 0 Å². The molecule has 5 heteroatoms. The molecule has 0 aliphatic carbocycles. The third kappa shape index (κ3) is 4.50. The third-order valence-electron chi connectivity index (χ3n) is 2.49. The van der Waals surface area contributed by atoms with Gasteiger partial charge >= 0.3 is 0 Å². The molecule has 0 aromatic carbocycles. The van der Waals surface area contributed by atoms with E-state index in [1.807, 2.05) is 45.9 Å². The minimum absolute atomic E-state index is 0.247. The molecule has 1 N–H and O–H groups in total. The van der Waals surface area contributed by atoms with Gasteiger partial charge in [-0.25, -0.2) is 15.0 Å². The number of aryl methyl sites for hydroxylation is 1. The zero-order valence-corrected chi connectivity index (χ0v) is 12.3. The van der Waals surface area contributed by atoms with E-state index in [9.17, 15) is 0 Å². The van der Waals surface area contributed by atoms with Gasteiger partial charge in [0.25, 0.3) is 0 Å². The van der Waals surface area contributed by atoms with Gasteiger partial charge in [0.05, 0.1) is 0 Å². The van der Waals surface area contributed by atoms with Crippen molar-refractivity contribution in [3.05, 3.63) is 42.0 Å². The summed E-state index contributed by atoms with van der Waals surface area (Å²) in [4.78, 5) is 12.5. The van der Waals surface area contributed by atoms with Gasteiger partial charge in [-0.1, -0.05) is 0 Å². The molecule has 0 radical (unpaired) electrons. The van der Waals surface area contributed by atoms with Gasteiger partial charge in [0.1, 0.15) is 17.7 Å². The first-order valence-corrected chi connectivity index (χ1v) is 6.59. The Labute approximate surface area is 119 Å². The topological polar surface area (TPSA) is 59.9 Å². The SMILES string of the molecule is Cc1cc(NCc2ccnc(OC(C)(C)C)c2)ncn1. The number of aromatic nitrogens is 3. The second-order valence-corrected chi connectivity index (χ2v) is 5.61. The molecule has 0 unspecified atom stereocenters. The summed E-state index contributed by atoms with van der Waals surface area (Å²) >= 11 is 0. The second-order valence-electron chi connectivity index (χ2n) is 5.61. The summed E-state index contributed by atoms with van der Waals surface area (Å²) in [6, 6.07) is 5.80. The van der Waals surface area contributed by atoms with Gasteiger partial charge in [-0.05, 0) is 39.3 Å². The summed E-state index contributed by atoms with van der Waals surface area (Å²) in [5, 5.41) is 3.26. The van der Waals surface area contributed by atoms with Crippen LogP contribution >= 0.6 is 0 Å². The highest BCUT2D eigenvalue weighted by Crippen LogP contribution is 2.17. The summed E-state index contributed by atoms with van der Waals surface area (Å²) in [6.07, 6.45) is 3.31. The van der Waals surface area contributed by atoms with E-state index in [0.717, 1.165) is 17.1 Å². The molecule has 2 heterocycles. The van der Waals surface area contributed by atoms with Crippen LogP contribution in [0.2, 0.25) is 0 Å². The number of hydrogen-bond acceptors (Lipinski definition) is 5. The van der Waals surface area contributed by atoms with E-state index in [1.54, 1.807) is 12.5 Å². The number of nitrogens with one attached hydrogen (secondary N) is 1. The molecule has 0 saturated heterocycles. The van der Waals surface area contributed by atoms with E-state index in [2.05, 4.69) is 20.3 Å². The first-order chi connectivity index (χ1) is 9.42. The molecule has 0 amide bonds. The van der Waals surface area contributed by atoms with E-state index in [1.165, 1.54) is 0 Å². The van der Waals surface area contributed by atoms with Crippen molar-refractivity contribution in [2.75, 3.05) is 5.32 Å². The smallest absolute Gasteiger partial charge is 0.214 e. The lowest BCUT2D eigenvalue weighted by Gasteiger charge is -2.20. The normalized spacial score (nSPS) is 11.2. The Hall–Kier alpha value is -2.17. The Kier molecular flexibility index (Phi) is 4.17. The standard InChI is InChI=1S/C15H20N4O/c1-11-7-13(19-10-18-11)17-9-12-5-6-16-14(8-12)20-15(2,3)4/h5-8,10H,9H2,1-4H3,(H,17,18,19). The molecule has 0 bridgehead atoms. The monoisotopic (exact) mass is 272 g/mol. The third-order valence-corrected chi connectivity index (χ3v) is 2.49. The average molecular weight is 272 g/mol. The Morgan fingerprint density at radius 1 is 1.15 bits per heavy atom. The van der Waals surface area contributed by atoms with Crippen LogP contribution in [0.1, 0.15) is 32.0 Å². The molecule has 2 aromatic heterocycles. The predicted molar refractivity (Wildman–Crippen MR) is 78.7 cm³/mol. The number of pyridine rings is 1. The van der Waals surface area contributed by atoms with Crippen molar-refractivity contribution in [1.82, 2.24) is 15.0 Å². The highest BCUT2D eigenvalue weighted by molar-refractivity contribution is 5.36. The lowest BCUT2D eigenvalue weighted by atomic mass is 10.2. The molecule has 0 aliphatic rings. The molecule has 0 aliphatic heterocycles. The van der Waals surface area contributed by atoms with Crippen LogP contribution in [-0.2, 0) is 6.54 Å². The van der Waals surface area contributed by atoms with Gasteiger partial charge in [0.15, 0.2) is 0 Å². The predicted octanol–water partition coefficient (Wildman–Crippen LogP) is 2.97. The minimum atomic E-state index is -0.247. The Morgan fingerprint density at radius 2 is 1.95 bits per heavy atom. The van der Waals surface area contributed by atoms with Crippen molar-refractivity contribution < 1.29 is 4.74 Å². The van der Waals surface area contributed by atoms with E-state index >= 15 is 0 Å². The van der Waals surface area contributed by atoms with E-state index < -0.39 is 0 Å². The quantitative estimate of drug-likeness (QED) is 0.927. The van der Waals surface area contributed by atoms with Crippen molar-refractivity contribution in [3.63, 3.8) is 0 Å². The van der Waals surface area contributed by atoms with Crippen LogP contribution in [-0.4, -0.2) is 20.6 Å². The maximum absolute atomic E-state index is 5.75. The number of anilines is 1. The van der Waals surface area contributed by atoms with Crippen molar-refractivity contribution in [2.24, 2.45) is 0 Å². The minimum Gasteiger partial charge on any atom is -0.472 e. The lowest BCUT2D eigenvalue weighted by molar-refractivity contribution is 0.124. The summed E-state index contributed by atoms with van der Waals surface area (Å²) in [6.45, 7) is 8.61. The Balaban J connectivity index is 2.01. The molecular formula is C15H20N4O. The van der Waals surface area contributed by atoms with Gasteiger partial charge in [-0.15, -0.1) is 0 Å². The molecule has 2 aromatic rings. The molecule has 106 valence electrons. The fourth-order valence-electron chi connectivity index (χ4n) is 1.67. The first-order valence-electron chi connectivity index (χ1n) is 6.59. The van der Waals surface area contributed by atoms with Gasteiger partial charge in [0.2, 0.25) is 5.88 Å². The van der Waals surface area contributed by atoms with Crippen LogP contribution in [0.3, 0.4) is 0 Å². The molecule has 0 atom stereocenters. The largest absolute Gasteiger partial charge is 0.472 e. The number of rotatable bonds is 4.